The minimum atomic E-state index is -0.828. The molecule has 2 N–H and O–H groups in total. The Morgan fingerprint density at radius 3 is 2.45 bits per heavy atom. The van der Waals surface area contributed by atoms with Gasteiger partial charge in [0.15, 0.2) is 0 Å². The molecule has 5 nitrogen and oxygen atoms in total. The standard InChI is InChI=1S/C15H26N2O3/c1-9-6-11(12(7-9)15(19)20)14(18)16-13-4-5-17(3)8-10(13)2/h9-13H,4-8H2,1-3H3,(H,16,18)(H,19,20). The Kier molecular flexibility index (Phi) is 4.68. The van der Waals surface area contributed by atoms with E-state index in [1.165, 1.54) is 0 Å². The van der Waals surface area contributed by atoms with Gasteiger partial charge in [0.1, 0.15) is 0 Å². The van der Waals surface area contributed by atoms with Crippen LogP contribution in [0.1, 0.15) is 33.1 Å². The Morgan fingerprint density at radius 1 is 1.20 bits per heavy atom. The third kappa shape index (κ3) is 3.32. The number of nitrogens with one attached hydrogen (secondary N) is 1. The lowest BCUT2D eigenvalue weighted by Crippen LogP contribution is -2.50. The highest BCUT2D eigenvalue weighted by molar-refractivity contribution is 5.85. The number of carbonyl (C=O) groups is 2. The van der Waals surface area contributed by atoms with Gasteiger partial charge < -0.3 is 15.3 Å². The number of hydrogen-bond acceptors (Lipinski definition) is 3. The van der Waals surface area contributed by atoms with Crippen molar-refractivity contribution in [2.75, 3.05) is 20.1 Å². The number of aliphatic carboxylic acids is 1. The van der Waals surface area contributed by atoms with Crippen LogP contribution in [0.5, 0.6) is 0 Å². The average Bonchev–Trinajstić information content (AvgIpc) is 2.75. The van der Waals surface area contributed by atoms with Crippen molar-refractivity contribution in [3.63, 3.8) is 0 Å². The molecule has 2 rings (SSSR count). The lowest BCUT2D eigenvalue weighted by atomic mass is 9.91. The second kappa shape index (κ2) is 6.12. The molecule has 5 unspecified atom stereocenters. The molecule has 0 aromatic heterocycles. The van der Waals surface area contributed by atoms with Gasteiger partial charge in [0.2, 0.25) is 5.91 Å². The van der Waals surface area contributed by atoms with E-state index in [4.69, 9.17) is 0 Å². The van der Waals surface area contributed by atoms with E-state index in [2.05, 4.69) is 24.2 Å². The molecule has 1 saturated carbocycles. The molecule has 0 aromatic rings. The summed E-state index contributed by atoms with van der Waals surface area (Å²) in [6.07, 6.45) is 2.27. The summed E-state index contributed by atoms with van der Waals surface area (Å²) < 4.78 is 0. The van der Waals surface area contributed by atoms with Crippen LogP contribution in [0.25, 0.3) is 0 Å². The van der Waals surface area contributed by atoms with Gasteiger partial charge in [0.25, 0.3) is 0 Å². The van der Waals surface area contributed by atoms with Gasteiger partial charge in [-0.1, -0.05) is 13.8 Å². The summed E-state index contributed by atoms with van der Waals surface area (Å²) in [4.78, 5) is 26.0. The van der Waals surface area contributed by atoms with E-state index in [1.54, 1.807) is 0 Å². The van der Waals surface area contributed by atoms with Gasteiger partial charge in [0.05, 0.1) is 11.8 Å². The van der Waals surface area contributed by atoms with E-state index in [0.717, 1.165) is 19.5 Å². The largest absolute Gasteiger partial charge is 0.481 e. The van der Waals surface area contributed by atoms with E-state index in [0.29, 0.717) is 24.7 Å². The zero-order chi connectivity index (χ0) is 14.9. The molecule has 2 aliphatic rings. The number of carbonyl (C=O) groups excluding carboxylic acids is 1. The van der Waals surface area contributed by atoms with Gasteiger partial charge in [-0.2, -0.15) is 0 Å². The molecule has 0 radical (unpaired) electrons. The summed E-state index contributed by atoms with van der Waals surface area (Å²) >= 11 is 0. The van der Waals surface area contributed by atoms with Crippen LogP contribution >= 0.6 is 0 Å². The maximum atomic E-state index is 12.4. The maximum Gasteiger partial charge on any atom is 0.307 e. The molecule has 2 fully saturated rings. The highest BCUT2D eigenvalue weighted by atomic mass is 16.4. The summed E-state index contributed by atoms with van der Waals surface area (Å²) in [5.41, 5.74) is 0. The van der Waals surface area contributed by atoms with E-state index < -0.39 is 11.9 Å². The van der Waals surface area contributed by atoms with Crippen LogP contribution in [0.4, 0.5) is 0 Å². The normalized spacial score (nSPS) is 38.6. The van der Waals surface area contributed by atoms with Crippen LogP contribution in [0, 0.1) is 23.7 Å². The lowest BCUT2D eigenvalue weighted by Gasteiger charge is -2.36. The van der Waals surface area contributed by atoms with Crippen molar-refractivity contribution in [2.45, 2.75) is 39.2 Å². The summed E-state index contributed by atoms with van der Waals surface area (Å²) in [6, 6.07) is 0.184. The Hall–Kier alpha value is -1.10. The second-order valence-electron chi connectivity index (χ2n) is 6.77. The molecule has 5 atom stereocenters. The fourth-order valence-corrected chi connectivity index (χ4v) is 3.71. The molecule has 1 saturated heterocycles. The average molecular weight is 282 g/mol. The van der Waals surface area contributed by atoms with Crippen molar-refractivity contribution >= 4 is 11.9 Å². The Balaban J connectivity index is 1.95. The van der Waals surface area contributed by atoms with Gasteiger partial charge in [-0.3, -0.25) is 9.59 Å². The molecular formula is C15H26N2O3. The van der Waals surface area contributed by atoms with Gasteiger partial charge in [-0.05, 0) is 44.7 Å². The molecule has 0 bridgehead atoms. The molecule has 1 aliphatic carbocycles. The molecule has 0 aromatic carbocycles. The lowest BCUT2D eigenvalue weighted by molar-refractivity contribution is -0.146. The third-order valence-corrected chi connectivity index (χ3v) is 4.89. The van der Waals surface area contributed by atoms with Crippen LogP contribution in [-0.4, -0.2) is 48.1 Å². The molecule has 1 aliphatic heterocycles. The number of hydrogen-bond donors (Lipinski definition) is 2. The van der Waals surface area contributed by atoms with Gasteiger partial charge in [0, 0.05) is 12.6 Å². The minimum absolute atomic E-state index is 0.0526. The van der Waals surface area contributed by atoms with Gasteiger partial charge in [-0.25, -0.2) is 0 Å². The zero-order valence-electron chi connectivity index (χ0n) is 12.6. The summed E-state index contributed by atoms with van der Waals surface area (Å²) in [5, 5.41) is 12.4. The van der Waals surface area contributed by atoms with Gasteiger partial charge >= 0.3 is 5.97 Å². The van der Waals surface area contributed by atoms with Crippen LogP contribution in [-0.2, 0) is 9.59 Å². The molecule has 1 amide bonds. The van der Waals surface area contributed by atoms with Crippen molar-refractivity contribution in [1.82, 2.24) is 10.2 Å². The van der Waals surface area contributed by atoms with Crippen LogP contribution in [0.3, 0.4) is 0 Å². The monoisotopic (exact) mass is 282 g/mol. The number of nitrogens with zero attached hydrogens (tertiary/aromatic N) is 1. The topological polar surface area (TPSA) is 69.6 Å². The molecule has 114 valence electrons. The molecular weight excluding hydrogens is 256 g/mol. The Bertz CT molecular complexity index is 385. The summed E-state index contributed by atoms with van der Waals surface area (Å²) in [5.74, 6) is -1.00. The zero-order valence-corrected chi connectivity index (χ0v) is 12.6. The predicted molar refractivity (Wildman–Crippen MR) is 76.2 cm³/mol. The first-order valence-corrected chi connectivity index (χ1v) is 7.60. The number of rotatable bonds is 3. The molecule has 5 heteroatoms. The van der Waals surface area contributed by atoms with Crippen molar-refractivity contribution in [3.05, 3.63) is 0 Å². The number of piperidine rings is 1. The smallest absolute Gasteiger partial charge is 0.307 e. The first kappa shape index (κ1) is 15.3. The first-order valence-electron chi connectivity index (χ1n) is 7.60. The highest BCUT2D eigenvalue weighted by Crippen LogP contribution is 2.36. The SMILES string of the molecule is CC1CC(C(=O)O)C(C(=O)NC2CCN(C)CC2C)C1. The maximum absolute atomic E-state index is 12.4. The first-order chi connectivity index (χ1) is 9.38. The number of carboxylic acids is 1. The number of carboxylic acid groups (broad SMARTS) is 1. The van der Waals surface area contributed by atoms with E-state index in [9.17, 15) is 14.7 Å². The van der Waals surface area contributed by atoms with E-state index >= 15 is 0 Å². The quantitative estimate of drug-likeness (QED) is 0.816. The highest BCUT2D eigenvalue weighted by Gasteiger charge is 2.42. The van der Waals surface area contributed by atoms with Crippen molar-refractivity contribution < 1.29 is 14.7 Å². The Labute approximate surface area is 120 Å². The summed E-state index contributed by atoms with van der Waals surface area (Å²) in [7, 11) is 2.09. The van der Waals surface area contributed by atoms with Crippen LogP contribution < -0.4 is 5.32 Å². The summed E-state index contributed by atoms with van der Waals surface area (Å²) in [6.45, 7) is 6.14. The predicted octanol–water partition coefficient (Wildman–Crippen LogP) is 1.19. The van der Waals surface area contributed by atoms with Crippen LogP contribution in [0.15, 0.2) is 0 Å². The third-order valence-electron chi connectivity index (χ3n) is 4.89. The van der Waals surface area contributed by atoms with Crippen LogP contribution in [0.2, 0.25) is 0 Å². The van der Waals surface area contributed by atoms with E-state index in [-0.39, 0.29) is 17.9 Å². The van der Waals surface area contributed by atoms with Crippen molar-refractivity contribution in [1.29, 1.82) is 0 Å². The van der Waals surface area contributed by atoms with Gasteiger partial charge in [-0.15, -0.1) is 0 Å². The van der Waals surface area contributed by atoms with E-state index in [1.807, 2.05) is 6.92 Å². The molecule has 1 heterocycles. The van der Waals surface area contributed by atoms with Crippen molar-refractivity contribution in [2.24, 2.45) is 23.7 Å². The fraction of sp³-hybridized carbons (Fsp3) is 0.867. The number of amides is 1. The minimum Gasteiger partial charge on any atom is -0.481 e. The Morgan fingerprint density at radius 2 is 1.85 bits per heavy atom. The fourth-order valence-electron chi connectivity index (χ4n) is 3.71. The second-order valence-corrected chi connectivity index (χ2v) is 6.77. The molecule has 0 spiro atoms. The van der Waals surface area contributed by atoms with Crippen molar-refractivity contribution in [3.8, 4) is 0 Å². The number of likely N-dealkylation sites (tertiary alicyclic amines) is 1. The molecule has 20 heavy (non-hydrogen) atoms.